The van der Waals surface area contributed by atoms with Gasteiger partial charge in [0.2, 0.25) is 11.7 Å². The standard InChI is InChI=1S/C11H14F3N5O/c1-2-15-7-4-8(17-6-3-9(20)16-5-6)19-10(18-7)11(12,13)14/h4,6H,2-3,5H2,1H3,(H,16,20)(H2,15,17,18,19). The van der Waals surface area contributed by atoms with Crippen LogP contribution in [0, 0.1) is 0 Å². The molecule has 1 aliphatic rings. The van der Waals surface area contributed by atoms with E-state index < -0.39 is 12.0 Å². The molecule has 20 heavy (non-hydrogen) atoms. The van der Waals surface area contributed by atoms with E-state index in [1.165, 1.54) is 6.07 Å². The number of alkyl halides is 3. The van der Waals surface area contributed by atoms with Crippen molar-refractivity contribution >= 4 is 17.5 Å². The van der Waals surface area contributed by atoms with Gasteiger partial charge in [-0.15, -0.1) is 0 Å². The van der Waals surface area contributed by atoms with Gasteiger partial charge in [-0.2, -0.15) is 13.2 Å². The Hall–Kier alpha value is -2.06. The van der Waals surface area contributed by atoms with Gasteiger partial charge in [-0.25, -0.2) is 9.97 Å². The maximum Gasteiger partial charge on any atom is 0.451 e. The minimum Gasteiger partial charge on any atom is -0.370 e. The molecule has 3 N–H and O–H groups in total. The number of carbonyl (C=O) groups excluding carboxylic acids is 1. The molecule has 0 aliphatic carbocycles. The lowest BCUT2D eigenvalue weighted by atomic mass is 10.2. The van der Waals surface area contributed by atoms with Crippen molar-refractivity contribution in [1.82, 2.24) is 15.3 Å². The van der Waals surface area contributed by atoms with E-state index in [4.69, 9.17) is 0 Å². The van der Waals surface area contributed by atoms with Crippen LogP contribution in [0.3, 0.4) is 0 Å². The number of hydrogen-bond acceptors (Lipinski definition) is 5. The third kappa shape index (κ3) is 3.49. The zero-order valence-corrected chi connectivity index (χ0v) is 10.7. The average Bonchev–Trinajstić information content (AvgIpc) is 2.74. The Labute approximate surface area is 113 Å². The smallest absolute Gasteiger partial charge is 0.370 e. The number of rotatable bonds is 4. The maximum absolute atomic E-state index is 12.7. The van der Waals surface area contributed by atoms with Crippen molar-refractivity contribution < 1.29 is 18.0 Å². The predicted molar refractivity (Wildman–Crippen MR) is 66.2 cm³/mol. The Morgan fingerprint density at radius 1 is 1.40 bits per heavy atom. The SMILES string of the molecule is CCNc1cc(NC2CNC(=O)C2)nc(C(F)(F)F)n1. The van der Waals surface area contributed by atoms with E-state index in [-0.39, 0.29) is 30.0 Å². The number of aromatic nitrogens is 2. The highest BCUT2D eigenvalue weighted by Gasteiger charge is 2.35. The van der Waals surface area contributed by atoms with E-state index >= 15 is 0 Å². The topological polar surface area (TPSA) is 78.9 Å². The number of hydrogen-bond donors (Lipinski definition) is 3. The molecule has 0 saturated carbocycles. The van der Waals surface area contributed by atoms with Gasteiger partial charge in [-0.3, -0.25) is 4.79 Å². The van der Waals surface area contributed by atoms with Crippen LogP contribution in [0.1, 0.15) is 19.2 Å². The summed E-state index contributed by atoms with van der Waals surface area (Å²) < 4.78 is 38.2. The molecule has 2 rings (SSSR count). The van der Waals surface area contributed by atoms with Crippen LogP contribution >= 0.6 is 0 Å². The van der Waals surface area contributed by atoms with Crippen LogP contribution < -0.4 is 16.0 Å². The quantitative estimate of drug-likeness (QED) is 0.777. The van der Waals surface area contributed by atoms with E-state index in [0.717, 1.165) is 0 Å². The number of anilines is 2. The van der Waals surface area contributed by atoms with Gasteiger partial charge < -0.3 is 16.0 Å². The maximum atomic E-state index is 12.7. The van der Waals surface area contributed by atoms with Crippen LogP contribution in [0.15, 0.2) is 6.07 Å². The summed E-state index contributed by atoms with van der Waals surface area (Å²) in [4.78, 5) is 17.9. The first kappa shape index (κ1) is 14.4. The minimum absolute atomic E-state index is 0.0461. The highest BCUT2D eigenvalue weighted by molar-refractivity contribution is 5.79. The van der Waals surface area contributed by atoms with Gasteiger partial charge in [-0.05, 0) is 6.92 Å². The molecule has 2 heterocycles. The summed E-state index contributed by atoms with van der Waals surface area (Å²) in [5.74, 6) is -1.21. The average molecular weight is 289 g/mol. The summed E-state index contributed by atoms with van der Waals surface area (Å²) in [5, 5.41) is 8.12. The van der Waals surface area contributed by atoms with Crippen molar-refractivity contribution in [2.75, 3.05) is 23.7 Å². The molecule has 1 aliphatic heterocycles. The van der Waals surface area contributed by atoms with Crippen LogP contribution in [-0.4, -0.2) is 35.0 Å². The van der Waals surface area contributed by atoms with Crippen LogP contribution in [0.25, 0.3) is 0 Å². The van der Waals surface area contributed by atoms with Gasteiger partial charge in [0.1, 0.15) is 11.6 Å². The first-order chi connectivity index (χ1) is 9.38. The Kier molecular flexibility index (Phi) is 3.96. The van der Waals surface area contributed by atoms with Crippen LogP contribution in [0.2, 0.25) is 0 Å². The summed E-state index contributed by atoms with van der Waals surface area (Å²) >= 11 is 0. The summed E-state index contributed by atoms with van der Waals surface area (Å²) in [5.41, 5.74) is 0. The van der Waals surface area contributed by atoms with Crippen molar-refractivity contribution in [3.63, 3.8) is 0 Å². The Morgan fingerprint density at radius 2 is 2.10 bits per heavy atom. The first-order valence-corrected chi connectivity index (χ1v) is 6.12. The number of halogens is 3. The molecule has 0 aromatic carbocycles. The second-order valence-corrected chi connectivity index (χ2v) is 4.34. The fourth-order valence-electron chi connectivity index (χ4n) is 1.84. The predicted octanol–water partition coefficient (Wildman–Crippen LogP) is 1.23. The molecule has 6 nitrogen and oxygen atoms in total. The van der Waals surface area contributed by atoms with E-state index in [1.54, 1.807) is 6.92 Å². The third-order valence-corrected chi connectivity index (χ3v) is 2.67. The van der Waals surface area contributed by atoms with Gasteiger partial charge >= 0.3 is 6.18 Å². The molecule has 0 spiro atoms. The molecule has 1 saturated heterocycles. The highest BCUT2D eigenvalue weighted by atomic mass is 19.4. The van der Waals surface area contributed by atoms with Crippen LogP contribution in [0.4, 0.5) is 24.8 Å². The minimum atomic E-state index is -4.62. The molecule has 1 atom stereocenters. The molecule has 0 radical (unpaired) electrons. The second-order valence-electron chi connectivity index (χ2n) is 4.34. The lowest BCUT2D eigenvalue weighted by molar-refractivity contribution is -0.144. The molecular formula is C11H14F3N5O. The number of nitrogens with zero attached hydrogens (tertiary/aromatic N) is 2. The second kappa shape index (κ2) is 5.51. The van der Waals surface area contributed by atoms with Gasteiger partial charge in [0.25, 0.3) is 0 Å². The van der Waals surface area contributed by atoms with Crippen molar-refractivity contribution in [2.24, 2.45) is 0 Å². The summed E-state index contributed by atoms with van der Waals surface area (Å²) in [6.45, 7) is 2.56. The fourth-order valence-corrected chi connectivity index (χ4v) is 1.84. The lowest BCUT2D eigenvalue weighted by Gasteiger charge is -2.14. The molecule has 110 valence electrons. The van der Waals surface area contributed by atoms with Crippen molar-refractivity contribution in [2.45, 2.75) is 25.6 Å². The van der Waals surface area contributed by atoms with E-state index in [9.17, 15) is 18.0 Å². The van der Waals surface area contributed by atoms with E-state index in [2.05, 4.69) is 25.9 Å². The first-order valence-electron chi connectivity index (χ1n) is 6.12. The molecule has 1 unspecified atom stereocenters. The van der Waals surface area contributed by atoms with Crippen LogP contribution in [-0.2, 0) is 11.0 Å². The van der Waals surface area contributed by atoms with Crippen molar-refractivity contribution in [3.8, 4) is 0 Å². The molecule has 1 aromatic heterocycles. The number of nitrogens with one attached hydrogen (secondary N) is 3. The summed E-state index contributed by atoms with van der Waals surface area (Å²) in [6.07, 6.45) is -4.41. The largest absolute Gasteiger partial charge is 0.451 e. The van der Waals surface area contributed by atoms with Crippen molar-refractivity contribution in [1.29, 1.82) is 0 Å². The zero-order chi connectivity index (χ0) is 14.8. The molecule has 1 fully saturated rings. The van der Waals surface area contributed by atoms with E-state index in [1.807, 2.05) is 0 Å². The third-order valence-electron chi connectivity index (χ3n) is 2.67. The number of amides is 1. The Bertz CT molecular complexity index is 505. The van der Waals surface area contributed by atoms with Crippen molar-refractivity contribution in [3.05, 3.63) is 11.9 Å². The van der Waals surface area contributed by atoms with Crippen LogP contribution in [0.5, 0.6) is 0 Å². The summed E-state index contributed by atoms with van der Waals surface area (Å²) in [7, 11) is 0. The lowest BCUT2D eigenvalue weighted by Crippen LogP contribution is -2.24. The fraction of sp³-hybridized carbons (Fsp3) is 0.545. The molecule has 0 bridgehead atoms. The molecule has 1 amide bonds. The normalized spacial score (nSPS) is 18.8. The summed E-state index contributed by atoms with van der Waals surface area (Å²) in [6, 6.07) is 1.12. The number of carbonyl (C=O) groups is 1. The Morgan fingerprint density at radius 3 is 2.65 bits per heavy atom. The van der Waals surface area contributed by atoms with Gasteiger partial charge in [0.15, 0.2) is 0 Å². The Balaban J connectivity index is 2.22. The van der Waals surface area contributed by atoms with E-state index in [0.29, 0.717) is 13.1 Å². The molecular weight excluding hydrogens is 275 g/mol. The zero-order valence-electron chi connectivity index (χ0n) is 10.7. The van der Waals surface area contributed by atoms with Gasteiger partial charge in [0.05, 0.1) is 6.04 Å². The monoisotopic (exact) mass is 289 g/mol. The van der Waals surface area contributed by atoms with Gasteiger partial charge in [-0.1, -0.05) is 0 Å². The highest BCUT2D eigenvalue weighted by Crippen LogP contribution is 2.28. The molecule has 1 aromatic rings. The van der Waals surface area contributed by atoms with Gasteiger partial charge in [0, 0.05) is 25.6 Å². The molecule has 9 heteroatoms.